The van der Waals surface area contributed by atoms with Gasteiger partial charge in [-0.3, -0.25) is 4.79 Å². The minimum atomic E-state index is -4.50. The molecule has 0 atom stereocenters. The van der Waals surface area contributed by atoms with Crippen LogP contribution >= 0.6 is 11.6 Å². The molecule has 4 rings (SSSR count). The van der Waals surface area contributed by atoms with Gasteiger partial charge in [0.05, 0.1) is 10.6 Å². The quantitative estimate of drug-likeness (QED) is 0.363. The fourth-order valence-electron chi connectivity index (χ4n) is 3.18. The second-order valence-corrected chi connectivity index (χ2v) is 7.25. The molecule has 3 aromatic carbocycles. The second-order valence-electron chi connectivity index (χ2n) is 6.84. The Labute approximate surface area is 179 Å². The number of benzene rings is 3. The van der Waals surface area contributed by atoms with Gasteiger partial charge in [-0.2, -0.15) is 13.2 Å². The smallest absolute Gasteiger partial charge is 0.416 e. The number of carbonyl (C=O) groups excluding carboxylic acids is 1. The van der Waals surface area contributed by atoms with E-state index < -0.39 is 17.6 Å². The van der Waals surface area contributed by atoms with Gasteiger partial charge in [0.1, 0.15) is 18.2 Å². The zero-order chi connectivity index (χ0) is 22.2. The first kappa shape index (κ1) is 20.9. The molecule has 0 radical (unpaired) electrons. The first-order valence-corrected chi connectivity index (χ1v) is 9.50. The molecular weight excluding hydrogens is 434 g/mol. The average Bonchev–Trinajstić information content (AvgIpc) is 3.02. The summed E-state index contributed by atoms with van der Waals surface area (Å²) in [7, 11) is 0. The number of alkyl halides is 3. The number of rotatable bonds is 4. The van der Waals surface area contributed by atoms with Gasteiger partial charge in [0.25, 0.3) is 5.91 Å². The molecule has 0 saturated carbocycles. The molecule has 3 nitrogen and oxygen atoms in total. The van der Waals surface area contributed by atoms with E-state index in [1.54, 1.807) is 36.4 Å². The van der Waals surface area contributed by atoms with E-state index in [4.69, 9.17) is 16.3 Å². The monoisotopic (exact) mass is 447 g/mol. The molecule has 3 aromatic rings. The summed E-state index contributed by atoms with van der Waals surface area (Å²) in [6.45, 7) is -0.00977. The molecule has 1 heterocycles. The summed E-state index contributed by atoms with van der Waals surface area (Å²) < 4.78 is 58.0. The third kappa shape index (κ3) is 4.41. The van der Waals surface area contributed by atoms with Crippen LogP contribution in [0, 0.1) is 5.82 Å². The average molecular weight is 448 g/mol. The van der Waals surface area contributed by atoms with E-state index in [-0.39, 0.29) is 28.7 Å². The van der Waals surface area contributed by atoms with Crippen molar-refractivity contribution in [1.29, 1.82) is 0 Å². The number of halogens is 5. The number of carbonyl (C=O) groups is 1. The van der Waals surface area contributed by atoms with Crippen LogP contribution in [-0.2, 0) is 17.6 Å². The zero-order valence-corrected chi connectivity index (χ0v) is 16.5. The molecular formula is C23H14ClF4NO2. The normalized spacial score (nSPS) is 14.5. The van der Waals surface area contributed by atoms with Gasteiger partial charge >= 0.3 is 6.18 Å². The molecule has 0 spiro atoms. The highest BCUT2D eigenvalue weighted by Gasteiger charge is 2.33. The lowest BCUT2D eigenvalue weighted by atomic mass is 10.0. The molecule has 31 heavy (non-hydrogen) atoms. The molecule has 1 N–H and O–H groups in total. The van der Waals surface area contributed by atoms with Crippen molar-refractivity contribution < 1.29 is 27.1 Å². The van der Waals surface area contributed by atoms with E-state index in [0.717, 1.165) is 12.1 Å². The summed E-state index contributed by atoms with van der Waals surface area (Å²) >= 11 is 6.25. The van der Waals surface area contributed by atoms with Crippen molar-refractivity contribution in [2.75, 3.05) is 5.32 Å². The van der Waals surface area contributed by atoms with Gasteiger partial charge < -0.3 is 10.1 Å². The number of anilines is 1. The lowest BCUT2D eigenvalue weighted by molar-refractivity contribution is -0.137. The first-order valence-electron chi connectivity index (χ1n) is 9.13. The number of amides is 1. The molecule has 0 unspecified atom stereocenters. The standard InChI is InChI=1S/C23H14ClF4NO2/c24-18-10-13(5-8-21(18)31-12-14-3-1-2-4-19(14)25)9-17-16-7-6-15(23(26,27)28)11-20(16)29-22(17)30/h1-11H,12H2,(H,29,30)/b17-9-. The largest absolute Gasteiger partial charge is 0.487 e. The van der Waals surface area contributed by atoms with Gasteiger partial charge in [0.2, 0.25) is 0 Å². The van der Waals surface area contributed by atoms with Crippen molar-refractivity contribution in [3.63, 3.8) is 0 Å². The predicted octanol–water partition coefficient (Wildman–Crippen LogP) is 6.57. The van der Waals surface area contributed by atoms with Gasteiger partial charge in [-0.05, 0) is 42.0 Å². The van der Waals surface area contributed by atoms with E-state index in [2.05, 4.69) is 5.32 Å². The number of ether oxygens (including phenoxy) is 1. The summed E-state index contributed by atoms with van der Waals surface area (Å²) in [5, 5.41) is 2.70. The topological polar surface area (TPSA) is 38.3 Å². The number of hydrogen-bond acceptors (Lipinski definition) is 2. The highest BCUT2D eigenvalue weighted by atomic mass is 35.5. The van der Waals surface area contributed by atoms with E-state index in [0.29, 0.717) is 22.4 Å². The lowest BCUT2D eigenvalue weighted by Crippen LogP contribution is -2.06. The number of hydrogen-bond donors (Lipinski definition) is 1. The van der Waals surface area contributed by atoms with Crippen LogP contribution in [0.3, 0.4) is 0 Å². The first-order chi connectivity index (χ1) is 14.7. The molecule has 0 aliphatic carbocycles. The number of nitrogens with one attached hydrogen (secondary N) is 1. The third-order valence-corrected chi connectivity index (χ3v) is 5.03. The Morgan fingerprint density at radius 2 is 1.81 bits per heavy atom. The minimum Gasteiger partial charge on any atom is -0.487 e. The number of fused-ring (bicyclic) bond motifs is 1. The molecule has 0 saturated heterocycles. The maximum absolute atomic E-state index is 13.7. The highest BCUT2D eigenvalue weighted by Crippen LogP contribution is 2.38. The lowest BCUT2D eigenvalue weighted by Gasteiger charge is -2.10. The van der Waals surface area contributed by atoms with Crippen LogP contribution in [0.4, 0.5) is 23.2 Å². The molecule has 0 fully saturated rings. The van der Waals surface area contributed by atoms with Gasteiger partial charge in [0, 0.05) is 22.4 Å². The Morgan fingerprint density at radius 3 is 2.52 bits per heavy atom. The van der Waals surface area contributed by atoms with Crippen LogP contribution in [-0.4, -0.2) is 5.91 Å². The van der Waals surface area contributed by atoms with Gasteiger partial charge in [0.15, 0.2) is 0 Å². The minimum absolute atomic E-state index is 0.00977. The molecule has 8 heteroatoms. The van der Waals surface area contributed by atoms with Crippen LogP contribution in [0.2, 0.25) is 5.02 Å². The summed E-state index contributed by atoms with van der Waals surface area (Å²) in [6.07, 6.45) is -2.97. The maximum atomic E-state index is 13.7. The van der Waals surface area contributed by atoms with Crippen molar-refractivity contribution in [2.45, 2.75) is 12.8 Å². The van der Waals surface area contributed by atoms with Crippen LogP contribution in [0.25, 0.3) is 11.6 Å². The van der Waals surface area contributed by atoms with Crippen LogP contribution in [0.1, 0.15) is 22.3 Å². The van der Waals surface area contributed by atoms with E-state index in [9.17, 15) is 22.4 Å². The Hall–Kier alpha value is -3.32. The molecule has 1 amide bonds. The summed E-state index contributed by atoms with van der Waals surface area (Å²) in [5.74, 6) is -0.567. The molecule has 0 aromatic heterocycles. The maximum Gasteiger partial charge on any atom is 0.416 e. The predicted molar refractivity (Wildman–Crippen MR) is 110 cm³/mol. The summed E-state index contributed by atoms with van der Waals surface area (Å²) in [4.78, 5) is 12.3. The molecule has 0 bridgehead atoms. The fourth-order valence-corrected chi connectivity index (χ4v) is 3.42. The summed E-state index contributed by atoms with van der Waals surface area (Å²) in [5.41, 5.74) is 0.784. The van der Waals surface area contributed by atoms with Crippen molar-refractivity contribution in [3.8, 4) is 5.75 Å². The van der Waals surface area contributed by atoms with Crippen molar-refractivity contribution in [2.24, 2.45) is 0 Å². The van der Waals surface area contributed by atoms with Crippen molar-refractivity contribution in [3.05, 3.63) is 93.8 Å². The second kappa shape index (κ2) is 8.07. The Morgan fingerprint density at radius 1 is 1.03 bits per heavy atom. The van der Waals surface area contributed by atoms with Gasteiger partial charge in [-0.15, -0.1) is 0 Å². The molecule has 158 valence electrons. The highest BCUT2D eigenvalue weighted by molar-refractivity contribution is 6.35. The van der Waals surface area contributed by atoms with Crippen LogP contribution in [0.15, 0.2) is 60.7 Å². The Bertz CT molecular complexity index is 1200. The summed E-state index contributed by atoms with van der Waals surface area (Å²) in [6, 6.07) is 14.1. The van der Waals surface area contributed by atoms with Crippen LogP contribution in [0.5, 0.6) is 5.75 Å². The third-order valence-electron chi connectivity index (χ3n) is 4.74. The van der Waals surface area contributed by atoms with E-state index >= 15 is 0 Å². The Kier molecular flexibility index (Phi) is 5.45. The molecule has 1 aliphatic heterocycles. The van der Waals surface area contributed by atoms with Crippen molar-refractivity contribution in [1.82, 2.24) is 0 Å². The van der Waals surface area contributed by atoms with E-state index in [1.165, 1.54) is 18.2 Å². The van der Waals surface area contributed by atoms with E-state index in [1.807, 2.05) is 0 Å². The fraction of sp³-hybridized carbons (Fsp3) is 0.0870. The Balaban J connectivity index is 1.57. The zero-order valence-electron chi connectivity index (χ0n) is 15.8. The van der Waals surface area contributed by atoms with Crippen molar-refractivity contribution >= 4 is 34.8 Å². The van der Waals surface area contributed by atoms with Crippen LogP contribution < -0.4 is 10.1 Å². The van der Waals surface area contributed by atoms with Gasteiger partial charge in [-0.1, -0.05) is 41.9 Å². The molecule has 1 aliphatic rings. The SMILES string of the molecule is O=C1Nc2cc(C(F)(F)F)ccc2/C1=C/c1ccc(OCc2ccccc2F)c(Cl)c1. The van der Waals surface area contributed by atoms with Gasteiger partial charge in [-0.25, -0.2) is 4.39 Å².